The molecule has 0 aromatic heterocycles. The van der Waals surface area contributed by atoms with Crippen LogP contribution in [0.1, 0.15) is 11.1 Å². The summed E-state index contributed by atoms with van der Waals surface area (Å²) in [5, 5.41) is 0.851. The van der Waals surface area contributed by atoms with Crippen molar-refractivity contribution >= 4 is 24.2 Å². The molecule has 0 saturated heterocycles. The third-order valence-corrected chi connectivity index (χ3v) is 2.27. The summed E-state index contributed by atoms with van der Waals surface area (Å²) in [5.74, 6) is 0.874. The molecule has 0 bridgehead atoms. The summed E-state index contributed by atoms with van der Waals surface area (Å²) < 4.78 is 0. The van der Waals surface area contributed by atoms with E-state index in [4.69, 9.17) is 11.6 Å². The second kappa shape index (κ2) is 4.03. The largest absolute Gasteiger partial charge is 0.179 e. The molecule has 0 unspecified atom stereocenters. The van der Waals surface area contributed by atoms with Crippen LogP contribution in [0.4, 0.5) is 0 Å². The molecule has 0 amide bonds. The van der Waals surface area contributed by atoms with Crippen molar-refractivity contribution in [1.82, 2.24) is 0 Å². The summed E-state index contributed by atoms with van der Waals surface area (Å²) in [6.07, 6.45) is 0.989. The van der Waals surface area contributed by atoms with Gasteiger partial charge in [0.1, 0.15) is 0 Å². The summed E-state index contributed by atoms with van der Waals surface area (Å²) >= 11 is 10.1. The maximum Gasteiger partial charge on any atom is 0.0437 e. The Balaban J connectivity index is 2.86. The molecule has 0 saturated carbocycles. The van der Waals surface area contributed by atoms with E-state index >= 15 is 0 Å². The lowest BCUT2D eigenvalue weighted by Gasteiger charge is -2.00. The molecule has 11 heavy (non-hydrogen) atoms. The van der Waals surface area contributed by atoms with Gasteiger partial charge in [-0.25, -0.2) is 0 Å². The molecule has 0 atom stereocenters. The first kappa shape index (κ1) is 8.95. The first-order chi connectivity index (χ1) is 5.24. The van der Waals surface area contributed by atoms with Gasteiger partial charge in [-0.2, -0.15) is 12.6 Å². The predicted molar refractivity (Wildman–Crippen MR) is 53.7 cm³/mol. The molecule has 0 aliphatic heterocycles. The number of hydrogen-bond acceptors (Lipinski definition) is 1. The summed E-state index contributed by atoms with van der Waals surface area (Å²) in [7, 11) is 0. The minimum atomic E-state index is 0.851. The van der Waals surface area contributed by atoms with Crippen molar-refractivity contribution in [1.29, 1.82) is 0 Å². The second-order valence-corrected chi connectivity index (χ2v) is 3.41. The molecule has 1 aromatic rings. The smallest absolute Gasteiger partial charge is 0.0437 e. The Hall–Kier alpha value is -0.140. The molecular weight excluding hydrogens is 176 g/mol. The van der Waals surface area contributed by atoms with Gasteiger partial charge in [-0.15, -0.1) is 0 Å². The Kier molecular flexibility index (Phi) is 3.28. The van der Waals surface area contributed by atoms with E-state index in [9.17, 15) is 0 Å². The van der Waals surface area contributed by atoms with Crippen molar-refractivity contribution in [3.8, 4) is 0 Å². The Morgan fingerprint density at radius 1 is 1.45 bits per heavy atom. The van der Waals surface area contributed by atoms with Crippen molar-refractivity contribution in [2.75, 3.05) is 5.75 Å². The minimum absolute atomic E-state index is 0.851. The molecule has 2 heteroatoms. The van der Waals surface area contributed by atoms with Crippen molar-refractivity contribution in [3.63, 3.8) is 0 Å². The maximum atomic E-state index is 5.92. The number of benzene rings is 1. The summed E-state index contributed by atoms with van der Waals surface area (Å²) in [5.41, 5.74) is 2.39. The Morgan fingerprint density at radius 2 is 2.18 bits per heavy atom. The van der Waals surface area contributed by atoms with E-state index in [-0.39, 0.29) is 0 Å². The lowest BCUT2D eigenvalue weighted by molar-refractivity contribution is 1.16. The van der Waals surface area contributed by atoms with Gasteiger partial charge in [-0.1, -0.05) is 23.7 Å². The highest BCUT2D eigenvalue weighted by Gasteiger charge is 1.95. The minimum Gasteiger partial charge on any atom is -0.179 e. The highest BCUT2D eigenvalue weighted by molar-refractivity contribution is 7.80. The molecule has 0 N–H and O–H groups in total. The van der Waals surface area contributed by atoms with Crippen LogP contribution in [-0.4, -0.2) is 5.75 Å². The van der Waals surface area contributed by atoms with Gasteiger partial charge in [0, 0.05) is 5.02 Å². The molecule has 1 aromatic carbocycles. The summed E-state index contributed by atoms with van der Waals surface area (Å²) in [6.45, 7) is 2.01. The number of rotatable bonds is 2. The number of halogens is 1. The fraction of sp³-hybridized carbons (Fsp3) is 0.333. The summed E-state index contributed by atoms with van der Waals surface area (Å²) in [4.78, 5) is 0. The van der Waals surface area contributed by atoms with Gasteiger partial charge in [0.15, 0.2) is 0 Å². The van der Waals surface area contributed by atoms with Gasteiger partial charge in [0.2, 0.25) is 0 Å². The molecule has 0 radical (unpaired) electrons. The molecule has 1 rings (SSSR count). The van der Waals surface area contributed by atoms with Crippen LogP contribution in [-0.2, 0) is 6.42 Å². The van der Waals surface area contributed by atoms with Crippen molar-refractivity contribution in [2.45, 2.75) is 13.3 Å². The van der Waals surface area contributed by atoms with Crippen LogP contribution in [0.5, 0.6) is 0 Å². The zero-order valence-electron chi connectivity index (χ0n) is 6.47. The molecule has 0 aliphatic rings. The summed E-state index contributed by atoms with van der Waals surface area (Å²) in [6, 6.07) is 6.14. The number of thiol groups is 1. The lowest BCUT2D eigenvalue weighted by Crippen LogP contribution is -1.86. The van der Waals surface area contributed by atoms with E-state index in [1.54, 1.807) is 0 Å². The molecule has 0 spiro atoms. The molecule has 0 aliphatic carbocycles. The average molecular weight is 187 g/mol. The van der Waals surface area contributed by atoms with Gasteiger partial charge in [0.25, 0.3) is 0 Å². The molecule has 0 heterocycles. The zero-order valence-corrected chi connectivity index (χ0v) is 8.12. The SMILES string of the molecule is Cc1ccc(CCS)cc1Cl. The Labute approximate surface area is 78.0 Å². The topological polar surface area (TPSA) is 0 Å². The standard InChI is InChI=1S/C9H11ClS/c1-7-2-3-8(4-5-11)6-9(7)10/h2-3,6,11H,4-5H2,1H3. The lowest BCUT2D eigenvalue weighted by atomic mass is 10.1. The molecule has 60 valence electrons. The van der Waals surface area contributed by atoms with Gasteiger partial charge < -0.3 is 0 Å². The van der Waals surface area contributed by atoms with Crippen LogP contribution in [0.2, 0.25) is 5.02 Å². The second-order valence-electron chi connectivity index (χ2n) is 2.56. The number of aryl methyl sites for hydroxylation is 2. The maximum absolute atomic E-state index is 5.92. The quantitative estimate of drug-likeness (QED) is 0.675. The van der Waals surface area contributed by atoms with Crippen LogP contribution in [0, 0.1) is 6.92 Å². The van der Waals surface area contributed by atoms with Gasteiger partial charge in [-0.05, 0) is 36.3 Å². The van der Waals surface area contributed by atoms with Crippen LogP contribution >= 0.6 is 24.2 Å². The molecule has 0 fully saturated rings. The highest BCUT2D eigenvalue weighted by Crippen LogP contribution is 2.16. The van der Waals surface area contributed by atoms with E-state index in [1.165, 1.54) is 5.56 Å². The van der Waals surface area contributed by atoms with Crippen LogP contribution in [0.3, 0.4) is 0 Å². The fourth-order valence-corrected chi connectivity index (χ4v) is 1.38. The van der Waals surface area contributed by atoms with Crippen LogP contribution in [0.15, 0.2) is 18.2 Å². The number of hydrogen-bond donors (Lipinski definition) is 1. The van der Waals surface area contributed by atoms with Crippen LogP contribution < -0.4 is 0 Å². The van der Waals surface area contributed by atoms with Crippen molar-refractivity contribution in [2.24, 2.45) is 0 Å². The van der Waals surface area contributed by atoms with Gasteiger partial charge in [-0.3, -0.25) is 0 Å². The third kappa shape index (κ3) is 2.42. The molecular formula is C9H11ClS. The van der Waals surface area contributed by atoms with E-state index in [0.717, 1.165) is 22.8 Å². The highest BCUT2D eigenvalue weighted by atomic mass is 35.5. The Bertz CT molecular complexity index is 245. The normalized spacial score (nSPS) is 10.1. The van der Waals surface area contributed by atoms with E-state index in [0.29, 0.717) is 0 Å². The van der Waals surface area contributed by atoms with Crippen molar-refractivity contribution in [3.05, 3.63) is 34.3 Å². The fourth-order valence-electron chi connectivity index (χ4n) is 0.921. The van der Waals surface area contributed by atoms with E-state index < -0.39 is 0 Å². The van der Waals surface area contributed by atoms with Gasteiger partial charge in [0.05, 0.1) is 0 Å². The Morgan fingerprint density at radius 3 is 2.73 bits per heavy atom. The first-order valence-corrected chi connectivity index (χ1v) is 4.61. The molecule has 0 nitrogen and oxygen atoms in total. The predicted octanol–water partition coefficient (Wildman–Crippen LogP) is 3.12. The van der Waals surface area contributed by atoms with E-state index in [2.05, 4.69) is 18.7 Å². The van der Waals surface area contributed by atoms with Gasteiger partial charge >= 0.3 is 0 Å². The monoisotopic (exact) mass is 186 g/mol. The van der Waals surface area contributed by atoms with Crippen LogP contribution in [0.25, 0.3) is 0 Å². The zero-order chi connectivity index (χ0) is 8.27. The third-order valence-electron chi connectivity index (χ3n) is 1.64. The average Bonchev–Trinajstić information content (AvgIpc) is 1.98. The van der Waals surface area contributed by atoms with Crippen molar-refractivity contribution < 1.29 is 0 Å². The van der Waals surface area contributed by atoms with E-state index in [1.807, 2.05) is 19.1 Å². The first-order valence-electron chi connectivity index (χ1n) is 3.60.